The Kier molecular flexibility index (Phi) is 8.83. The van der Waals surface area contributed by atoms with E-state index in [9.17, 15) is 4.79 Å². The second kappa shape index (κ2) is 9.12. The van der Waals surface area contributed by atoms with Crippen molar-refractivity contribution in [1.29, 1.82) is 0 Å². The van der Waals surface area contributed by atoms with Crippen molar-refractivity contribution in [3.8, 4) is 0 Å². The molecule has 0 unspecified atom stereocenters. The lowest BCUT2D eigenvalue weighted by molar-refractivity contribution is -0.118. The molecule has 0 aromatic rings. The molecule has 0 saturated carbocycles. The Morgan fingerprint density at radius 1 is 1.14 bits per heavy atom. The van der Waals surface area contributed by atoms with Crippen LogP contribution in [0.1, 0.15) is 26.2 Å². The molecule has 0 aliphatic carbocycles. The van der Waals surface area contributed by atoms with Crippen molar-refractivity contribution in [2.24, 2.45) is 11.5 Å². The summed E-state index contributed by atoms with van der Waals surface area (Å²) in [4.78, 5) is 13.3. The van der Waals surface area contributed by atoms with E-state index in [1.807, 2.05) is 6.92 Å². The maximum Gasteiger partial charge on any atom is 0.132 e. The Bertz CT molecular complexity index is 144. The van der Waals surface area contributed by atoms with Crippen LogP contribution in [0.2, 0.25) is 0 Å². The molecule has 0 heterocycles. The first-order valence-electron chi connectivity index (χ1n) is 5.38. The molecule has 4 heteroatoms. The number of ketones is 1. The highest BCUT2D eigenvalue weighted by Gasteiger charge is 2.03. The Morgan fingerprint density at radius 2 is 1.71 bits per heavy atom. The largest absolute Gasteiger partial charge is 0.329 e. The van der Waals surface area contributed by atoms with E-state index < -0.39 is 0 Å². The number of carbonyl (C=O) groups is 1. The fraction of sp³-hybridized carbons (Fsp3) is 0.900. The summed E-state index contributed by atoms with van der Waals surface area (Å²) < 4.78 is 0. The number of hydrogen-bond acceptors (Lipinski definition) is 4. The third-order valence-electron chi connectivity index (χ3n) is 2.21. The number of Topliss-reactive ketones (excluding diaryl/α,β-unsaturated/α-hetero) is 1. The summed E-state index contributed by atoms with van der Waals surface area (Å²) in [6.45, 7) is 5.89. The highest BCUT2D eigenvalue weighted by atomic mass is 16.1. The van der Waals surface area contributed by atoms with Gasteiger partial charge in [-0.3, -0.25) is 4.79 Å². The molecule has 0 radical (unpaired) electrons. The van der Waals surface area contributed by atoms with Crippen LogP contribution < -0.4 is 11.5 Å². The molecule has 0 spiro atoms. The van der Waals surface area contributed by atoms with Gasteiger partial charge in [0, 0.05) is 39.0 Å². The highest BCUT2D eigenvalue weighted by Crippen LogP contribution is 1.97. The van der Waals surface area contributed by atoms with Gasteiger partial charge in [-0.05, 0) is 13.0 Å². The van der Waals surface area contributed by atoms with E-state index in [2.05, 4.69) is 4.90 Å². The van der Waals surface area contributed by atoms with Crippen molar-refractivity contribution < 1.29 is 4.79 Å². The number of rotatable bonds is 9. The molecule has 84 valence electrons. The quantitative estimate of drug-likeness (QED) is 0.549. The maximum absolute atomic E-state index is 11.0. The van der Waals surface area contributed by atoms with Gasteiger partial charge in [-0.15, -0.1) is 0 Å². The number of nitrogens with zero attached hydrogens (tertiary/aromatic N) is 1. The van der Waals surface area contributed by atoms with Gasteiger partial charge in [0.1, 0.15) is 5.78 Å². The molecular formula is C10H23N3O. The van der Waals surface area contributed by atoms with Crippen LogP contribution in [0.15, 0.2) is 0 Å². The molecule has 4 nitrogen and oxygen atoms in total. The zero-order valence-corrected chi connectivity index (χ0v) is 9.17. The summed E-state index contributed by atoms with van der Waals surface area (Å²) in [5.41, 5.74) is 10.9. The van der Waals surface area contributed by atoms with Gasteiger partial charge >= 0.3 is 0 Å². The zero-order chi connectivity index (χ0) is 10.8. The van der Waals surface area contributed by atoms with Crippen molar-refractivity contribution in [3.63, 3.8) is 0 Å². The first-order valence-corrected chi connectivity index (χ1v) is 5.38. The Balaban J connectivity index is 3.54. The molecule has 0 aliphatic rings. The van der Waals surface area contributed by atoms with Gasteiger partial charge in [-0.25, -0.2) is 0 Å². The summed E-state index contributed by atoms with van der Waals surface area (Å²) in [6.07, 6.45) is 2.25. The standard InChI is InChI=1S/C10H23N3O/c1-2-10(14)4-3-7-13(8-5-11)9-6-12/h2-9,11-12H2,1H3. The fourth-order valence-electron chi connectivity index (χ4n) is 1.38. The third kappa shape index (κ3) is 7.00. The number of carbonyl (C=O) groups excluding carboxylic acids is 1. The molecule has 14 heavy (non-hydrogen) atoms. The molecule has 0 rings (SSSR count). The lowest BCUT2D eigenvalue weighted by atomic mass is 10.2. The SMILES string of the molecule is CCC(=O)CCCN(CCN)CCN. The predicted molar refractivity (Wildman–Crippen MR) is 59.1 cm³/mol. The van der Waals surface area contributed by atoms with Gasteiger partial charge in [0.2, 0.25) is 0 Å². The third-order valence-corrected chi connectivity index (χ3v) is 2.21. The summed E-state index contributed by atoms with van der Waals surface area (Å²) in [5.74, 6) is 0.338. The van der Waals surface area contributed by atoms with E-state index >= 15 is 0 Å². The van der Waals surface area contributed by atoms with Crippen LogP contribution >= 0.6 is 0 Å². The van der Waals surface area contributed by atoms with Crippen LogP contribution in [0.3, 0.4) is 0 Å². The Morgan fingerprint density at radius 3 is 2.14 bits per heavy atom. The van der Waals surface area contributed by atoms with E-state index in [4.69, 9.17) is 11.5 Å². The first kappa shape index (κ1) is 13.5. The summed E-state index contributed by atoms with van der Waals surface area (Å²) in [5, 5.41) is 0. The molecular weight excluding hydrogens is 178 g/mol. The van der Waals surface area contributed by atoms with Crippen LogP contribution in [0, 0.1) is 0 Å². The predicted octanol–water partition coefficient (Wildman–Crippen LogP) is -0.0349. The monoisotopic (exact) mass is 201 g/mol. The second-order valence-corrected chi connectivity index (χ2v) is 3.41. The van der Waals surface area contributed by atoms with E-state index in [0.29, 0.717) is 31.7 Å². The lowest BCUT2D eigenvalue weighted by Crippen LogP contribution is -2.34. The molecule has 0 fully saturated rings. The van der Waals surface area contributed by atoms with Crippen molar-refractivity contribution in [2.75, 3.05) is 32.7 Å². The van der Waals surface area contributed by atoms with E-state index in [-0.39, 0.29) is 0 Å². The molecule has 0 bridgehead atoms. The zero-order valence-electron chi connectivity index (χ0n) is 9.17. The fourth-order valence-corrected chi connectivity index (χ4v) is 1.38. The first-order chi connectivity index (χ1) is 6.74. The highest BCUT2D eigenvalue weighted by molar-refractivity contribution is 5.77. The average molecular weight is 201 g/mol. The van der Waals surface area contributed by atoms with Gasteiger partial charge in [0.25, 0.3) is 0 Å². The number of hydrogen-bond donors (Lipinski definition) is 2. The summed E-state index contributed by atoms with van der Waals surface area (Å²) in [7, 11) is 0. The molecule has 0 aromatic carbocycles. The van der Waals surface area contributed by atoms with Gasteiger partial charge in [-0.2, -0.15) is 0 Å². The van der Waals surface area contributed by atoms with Gasteiger partial charge < -0.3 is 16.4 Å². The minimum Gasteiger partial charge on any atom is -0.329 e. The van der Waals surface area contributed by atoms with Crippen LogP contribution in [0.4, 0.5) is 0 Å². The lowest BCUT2D eigenvalue weighted by Gasteiger charge is -2.20. The minimum atomic E-state index is 0.338. The summed E-state index contributed by atoms with van der Waals surface area (Å²) in [6, 6.07) is 0. The minimum absolute atomic E-state index is 0.338. The molecule has 4 N–H and O–H groups in total. The Hall–Kier alpha value is -0.450. The van der Waals surface area contributed by atoms with E-state index in [0.717, 1.165) is 26.1 Å². The van der Waals surface area contributed by atoms with E-state index in [1.165, 1.54) is 0 Å². The normalized spacial score (nSPS) is 10.9. The molecule has 0 atom stereocenters. The van der Waals surface area contributed by atoms with Crippen LogP contribution in [-0.4, -0.2) is 43.4 Å². The van der Waals surface area contributed by atoms with Crippen molar-refractivity contribution >= 4 is 5.78 Å². The summed E-state index contributed by atoms with van der Waals surface area (Å²) >= 11 is 0. The smallest absolute Gasteiger partial charge is 0.132 e. The molecule has 0 amide bonds. The van der Waals surface area contributed by atoms with Crippen LogP contribution in [-0.2, 0) is 4.79 Å². The topological polar surface area (TPSA) is 72.3 Å². The van der Waals surface area contributed by atoms with E-state index in [1.54, 1.807) is 0 Å². The van der Waals surface area contributed by atoms with Gasteiger partial charge in [-0.1, -0.05) is 6.92 Å². The van der Waals surface area contributed by atoms with Crippen molar-refractivity contribution in [2.45, 2.75) is 26.2 Å². The molecule has 0 saturated heterocycles. The maximum atomic E-state index is 11.0. The Labute approximate surface area is 86.6 Å². The molecule has 0 aromatic heterocycles. The van der Waals surface area contributed by atoms with Crippen LogP contribution in [0.25, 0.3) is 0 Å². The molecule has 0 aliphatic heterocycles. The van der Waals surface area contributed by atoms with Crippen molar-refractivity contribution in [1.82, 2.24) is 4.90 Å². The number of nitrogens with two attached hydrogens (primary N) is 2. The van der Waals surface area contributed by atoms with Gasteiger partial charge in [0.05, 0.1) is 0 Å². The second-order valence-electron chi connectivity index (χ2n) is 3.41. The van der Waals surface area contributed by atoms with Crippen LogP contribution in [0.5, 0.6) is 0 Å². The average Bonchev–Trinajstić information content (AvgIpc) is 2.18. The van der Waals surface area contributed by atoms with Gasteiger partial charge in [0.15, 0.2) is 0 Å². The van der Waals surface area contributed by atoms with Crippen molar-refractivity contribution in [3.05, 3.63) is 0 Å².